The Bertz CT molecular complexity index is 368. The highest BCUT2D eigenvalue weighted by molar-refractivity contribution is 9.10. The molecule has 1 atom stereocenters. The van der Waals surface area contributed by atoms with Gasteiger partial charge in [-0.1, -0.05) is 56.6 Å². The summed E-state index contributed by atoms with van der Waals surface area (Å²) in [5.74, 6) is 0.714. The van der Waals surface area contributed by atoms with Gasteiger partial charge in [0.25, 0.3) is 0 Å². The summed E-state index contributed by atoms with van der Waals surface area (Å²) in [5, 5.41) is 0. The van der Waals surface area contributed by atoms with E-state index in [1.54, 1.807) is 11.1 Å². The van der Waals surface area contributed by atoms with Gasteiger partial charge in [-0.2, -0.15) is 0 Å². The molecular weight excluding hydrogens is 272 g/mol. The van der Waals surface area contributed by atoms with Crippen molar-refractivity contribution in [2.24, 2.45) is 5.92 Å². The second kappa shape index (κ2) is 6.04. The van der Waals surface area contributed by atoms with Crippen LogP contribution in [0.2, 0.25) is 0 Å². The lowest BCUT2D eigenvalue weighted by Crippen LogP contribution is -2.32. The number of hydrogen-bond donors (Lipinski definition) is 0. The van der Waals surface area contributed by atoms with E-state index in [1.807, 2.05) is 13.8 Å². The van der Waals surface area contributed by atoms with E-state index < -0.39 is 0 Å². The van der Waals surface area contributed by atoms with Crippen molar-refractivity contribution >= 4 is 15.9 Å². The molecule has 1 aromatic carbocycles. The van der Waals surface area contributed by atoms with Crippen LogP contribution in [0.15, 0.2) is 22.7 Å². The van der Waals surface area contributed by atoms with Crippen molar-refractivity contribution in [2.45, 2.75) is 59.3 Å². The molecule has 0 spiro atoms. The molecule has 0 amide bonds. The average Bonchev–Trinajstić information content (AvgIpc) is 2.33. The summed E-state index contributed by atoms with van der Waals surface area (Å²) >= 11 is 3.59. The van der Waals surface area contributed by atoms with Crippen molar-refractivity contribution in [1.29, 1.82) is 0 Å². The number of rotatable bonds is 1. The standard InChI is InChI=1S/C14H19Br.C2H6/c1-10(2)14(3)8-4-5-11-6-7-12(15)9-13(11)14;1-2/h6-7,9-10H,4-5,8H2,1-3H3;1-2H3. The third kappa shape index (κ3) is 2.93. The molecule has 1 aromatic rings. The van der Waals surface area contributed by atoms with Gasteiger partial charge in [0.2, 0.25) is 0 Å². The van der Waals surface area contributed by atoms with Crippen LogP contribution in [0.1, 0.15) is 58.6 Å². The van der Waals surface area contributed by atoms with E-state index in [1.165, 1.54) is 23.7 Å². The van der Waals surface area contributed by atoms with Crippen molar-refractivity contribution < 1.29 is 0 Å². The van der Waals surface area contributed by atoms with Crippen LogP contribution in [0.25, 0.3) is 0 Å². The van der Waals surface area contributed by atoms with Crippen LogP contribution in [0.3, 0.4) is 0 Å². The molecule has 0 nitrogen and oxygen atoms in total. The molecule has 1 aliphatic carbocycles. The highest BCUT2D eigenvalue weighted by atomic mass is 79.9. The SMILES string of the molecule is CC.CC(C)C1(C)CCCc2ccc(Br)cc21. The fourth-order valence-electron chi connectivity index (χ4n) is 2.68. The molecule has 96 valence electrons. The van der Waals surface area contributed by atoms with Crippen LogP contribution in [-0.4, -0.2) is 0 Å². The number of hydrogen-bond acceptors (Lipinski definition) is 0. The van der Waals surface area contributed by atoms with Crippen molar-refractivity contribution in [3.05, 3.63) is 33.8 Å². The van der Waals surface area contributed by atoms with Gasteiger partial charge in [-0.05, 0) is 53.9 Å². The van der Waals surface area contributed by atoms with E-state index in [9.17, 15) is 0 Å². The first-order valence-corrected chi connectivity index (χ1v) is 7.62. The van der Waals surface area contributed by atoms with Gasteiger partial charge < -0.3 is 0 Å². The van der Waals surface area contributed by atoms with Crippen LogP contribution < -0.4 is 0 Å². The van der Waals surface area contributed by atoms with Gasteiger partial charge in [0.05, 0.1) is 0 Å². The predicted molar refractivity (Wildman–Crippen MR) is 80.6 cm³/mol. The minimum absolute atomic E-state index is 0.372. The molecule has 0 aromatic heterocycles. The highest BCUT2D eigenvalue weighted by Crippen LogP contribution is 2.43. The molecule has 0 saturated carbocycles. The third-order valence-corrected chi connectivity index (χ3v) is 4.60. The fraction of sp³-hybridized carbons (Fsp3) is 0.625. The summed E-state index contributed by atoms with van der Waals surface area (Å²) < 4.78 is 1.22. The first-order chi connectivity index (χ1) is 8.04. The first kappa shape index (κ1) is 14.8. The van der Waals surface area contributed by atoms with E-state index in [4.69, 9.17) is 0 Å². The molecular formula is C16H25Br. The van der Waals surface area contributed by atoms with Gasteiger partial charge in [0.1, 0.15) is 0 Å². The van der Waals surface area contributed by atoms with Crippen LogP contribution in [-0.2, 0) is 11.8 Å². The molecule has 1 aliphatic rings. The van der Waals surface area contributed by atoms with Crippen molar-refractivity contribution in [1.82, 2.24) is 0 Å². The van der Waals surface area contributed by atoms with Crippen LogP contribution in [0, 0.1) is 5.92 Å². The van der Waals surface area contributed by atoms with E-state index in [2.05, 4.69) is 54.9 Å². The zero-order chi connectivity index (χ0) is 13.1. The first-order valence-electron chi connectivity index (χ1n) is 6.83. The van der Waals surface area contributed by atoms with Crippen LogP contribution >= 0.6 is 15.9 Å². The molecule has 0 bridgehead atoms. The van der Waals surface area contributed by atoms with E-state index in [-0.39, 0.29) is 0 Å². The largest absolute Gasteiger partial charge is 0.0683 e. The van der Waals surface area contributed by atoms with Crippen LogP contribution in [0.5, 0.6) is 0 Å². The molecule has 0 heterocycles. The average molecular weight is 297 g/mol. The Morgan fingerprint density at radius 1 is 1.24 bits per heavy atom. The Balaban J connectivity index is 0.000000686. The number of halogens is 1. The second-order valence-electron chi connectivity index (χ2n) is 5.23. The summed E-state index contributed by atoms with van der Waals surface area (Å²) in [6.45, 7) is 11.1. The Labute approximate surface area is 115 Å². The predicted octanol–water partition coefficient (Wildman–Crippen LogP) is 5.73. The second-order valence-corrected chi connectivity index (χ2v) is 6.14. The minimum atomic E-state index is 0.372. The summed E-state index contributed by atoms with van der Waals surface area (Å²) in [6.07, 6.45) is 3.92. The van der Waals surface area contributed by atoms with Gasteiger partial charge >= 0.3 is 0 Å². The summed E-state index contributed by atoms with van der Waals surface area (Å²) in [5.41, 5.74) is 3.50. The van der Waals surface area contributed by atoms with Gasteiger partial charge in [-0.25, -0.2) is 0 Å². The van der Waals surface area contributed by atoms with Crippen LogP contribution in [0.4, 0.5) is 0 Å². The smallest absolute Gasteiger partial charge is 0.0178 e. The molecule has 17 heavy (non-hydrogen) atoms. The Hall–Kier alpha value is -0.300. The van der Waals surface area contributed by atoms with E-state index in [0.29, 0.717) is 11.3 Å². The van der Waals surface area contributed by atoms with Gasteiger partial charge in [-0.3, -0.25) is 0 Å². The maximum absolute atomic E-state index is 3.59. The third-order valence-electron chi connectivity index (χ3n) is 4.10. The monoisotopic (exact) mass is 296 g/mol. The van der Waals surface area contributed by atoms with Gasteiger partial charge in [0.15, 0.2) is 0 Å². The Kier molecular flexibility index (Phi) is 5.24. The van der Waals surface area contributed by atoms with Gasteiger partial charge in [0, 0.05) is 4.47 Å². The van der Waals surface area contributed by atoms with E-state index >= 15 is 0 Å². The molecule has 1 unspecified atom stereocenters. The quantitative estimate of drug-likeness (QED) is 0.621. The maximum Gasteiger partial charge on any atom is 0.0178 e. The van der Waals surface area contributed by atoms with Crippen molar-refractivity contribution in [3.63, 3.8) is 0 Å². The van der Waals surface area contributed by atoms with E-state index in [0.717, 1.165) is 0 Å². The number of aryl methyl sites for hydroxylation is 1. The molecule has 0 fully saturated rings. The Morgan fingerprint density at radius 3 is 2.47 bits per heavy atom. The lowest BCUT2D eigenvalue weighted by molar-refractivity contribution is 0.290. The zero-order valence-electron chi connectivity index (χ0n) is 11.8. The maximum atomic E-state index is 3.59. The molecule has 0 N–H and O–H groups in total. The number of benzene rings is 1. The molecule has 0 saturated heterocycles. The summed E-state index contributed by atoms with van der Waals surface area (Å²) in [6, 6.07) is 6.79. The lowest BCUT2D eigenvalue weighted by Gasteiger charge is -2.39. The number of fused-ring (bicyclic) bond motifs is 1. The van der Waals surface area contributed by atoms with Crippen molar-refractivity contribution in [2.75, 3.05) is 0 Å². The minimum Gasteiger partial charge on any atom is -0.0683 e. The molecule has 2 rings (SSSR count). The summed E-state index contributed by atoms with van der Waals surface area (Å²) in [4.78, 5) is 0. The molecule has 1 heteroatoms. The van der Waals surface area contributed by atoms with Gasteiger partial charge in [-0.15, -0.1) is 0 Å². The molecule has 0 aliphatic heterocycles. The molecule has 0 radical (unpaired) electrons. The summed E-state index contributed by atoms with van der Waals surface area (Å²) in [7, 11) is 0. The normalized spacial score (nSPS) is 22.8. The Morgan fingerprint density at radius 2 is 1.88 bits per heavy atom. The topological polar surface area (TPSA) is 0 Å². The lowest BCUT2D eigenvalue weighted by atomic mass is 9.65. The highest BCUT2D eigenvalue weighted by Gasteiger charge is 2.34. The zero-order valence-corrected chi connectivity index (χ0v) is 13.4. The van der Waals surface area contributed by atoms with Crippen molar-refractivity contribution in [3.8, 4) is 0 Å². The fourth-order valence-corrected chi connectivity index (χ4v) is 3.04.